The number of hydrogen-bond acceptors (Lipinski definition) is 2. The number of hydrogen-bond donors (Lipinski definition) is 1. The summed E-state index contributed by atoms with van der Waals surface area (Å²) in [6, 6.07) is 0.472. The van der Waals surface area contributed by atoms with Gasteiger partial charge in [-0.15, -0.1) is 0 Å². The lowest BCUT2D eigenvalue weighted by molar-refractivity contribution is -0.00830. The van der Waals surface area contributed by atoms with Crippen molar-refractivity contribution in [3.8, 4) is 0 Å². The quantitative estimate of drug-likeness (QED) is 0.684. The molecule has 0 rings (SSSR count). The van der Waals surface area contributed by atoms with Crippen LogP contribution in [-0.2, 0) is 4.74 Å². The molecule has 0 bridgehead atoms. The van der Waals surface area contributed by atoms with Gasteiger partial charge in [0.2, 0.25) is 0 Å². The molecule has 0 heterocycles. The van der Waals surface area contributed by atoms with E-state index in [0.29, 0.717) is 24.0 Å². The monoisotopic (exact) mass is 201 g/mol. The fraction of sp³-hybridized carbons (Fsp3) is 1.00. The van der Waals surface area contributed by atoms with Gasteiger partial charge >= 0.3 is 0 Å². The van der Waals surface area contributed by atoms with Gasteiger partial charge < -0.3 is 10.1 Å². The lowest BCUT2D eigenvalue weighted by atomic mass is 9.88. The minimum Gasteiger partial charge on any atom is -0.377 e. The highest BCUT2D eigenvalue weighted by atomic mass is 16.5. The first-order chi connectivity index (χ1) is 6.58. The van der Waals surface area contributed by atoms with Crippen molar-refractivity contribution in [2.45, 2.75) is 53.2 Å². The zero-order chi connectivity index (χ0) is 11.1. The van der Waals surface area contributed by atoms with Crippen molar-refractivity contribution >= 4 is 0 Å². The summed E-state index contributed by atoms with van der Waals surface area (Å²) in [5, 5.41) is 3.39. The summed E-state index contributed by atoms with van der Waals surface area (Å²) in [4.78, 5) is 0. The van der Waals surface area contributed by atoms with E-state index in [1.54, 1.807) is 0 Å². The molecule has 0 aliphatic rings. The molecule has 0 aliphatic heterocycles. The maximum Gasteiger partial charge on any atom is 0.0753 e. The molecule has 0 radical (unpaired) electrons. The van der Waals surface area contributed by atoms with Crippen LogP contribution in [0, 0.1) is 11.8 Å². The van der Waals surface area contributed by atoms with Gasteiger partial charge in [0.15, 0.2) is 0 Å². The minimum atomic E-state index is 0.333. The Morgan fingerprint density at radius 3 is 2.00 bits per heavy atom. The Hall–Kier alpha value is -0.0800. The van der Waals surface area contributed by atoms with Gasteiger partial charge in [-0.1, -0.05) is 34.1 Å². The second-order valence-electron chi connectivity index (χ2n) is 4.36. The van der Waals surface area contributed by atoms with Crippen LogP contribution in [0.1, 0.15) is 41.0 Å². The van der Waals surface area contributed by atoms with E-state index in [0.717, 1.165) is 6.61 Å². The Kier molecular flexibility index (Phi) is 7.20. The molecule has 0 saturated heterocycles. The third kappa shape index (κ3) is 3.97. The molecule has 0 aromatic rings. The van der Waals surface area contributed by atoms with Crippen LogP contribution in [0.15, 0.2) is 0 Å². The van der Waals surface area contributed by atoms with Crippen molar-refractivity contribution in [2.75, 3.05) is 13.7 Å². The van der Waals surface area contributed by atoms with E-state index in [-0.39, 0.29) is 0 Å². The lowest BCUT2D eigenvalue weighted by Crippen LogP contribution is -2.46. The van der Waals surface area contributed by atoms with Crippen LogP contribution in [0.25, 0.3) is 0 Å². The third-order valence-corrected chi connectivity index (χ3v) is 2.96. The van der Waals surface area contributed by atoms with Gasteiger partial charge in [-0.2, -0.15) is 0 Å². The van der Waals surface area contributed by atoms with Crippen molar-refractivity contribution in [1.29, 1.82) is 0 Å². The van der Waals surface area contributed by atoms with Crippen molar-refractivity contribution in [1.82, 2.24) is 5.32 Å². The van der Waals surface area contributed by atoms with Crippen molar-refractivity contribution in [2.24, 2.45) is 11.8 Å². The molecule has 3 atom stereocenters. The summed E-state index contributed by atoms with van der Waals surface area (Å²) in [5.74, 6) is 1.24. The van der Waals surface area contributed by atoms with E-state index < -0.39 is 0 Å². The molecule has 1 N–H and O–H groups in total. The van der Waals surface area contributed by atoms with Gasteiger partial charge in [0.25, 0.3) is 0 Å². The SMILES string of the molecule is CCOC(C(C)C)C(NC)C(C)CC. The predicted octanol–water partition coefficient (Wildman–Crippen LogP) is 2.68. The van der Waals surface area contributed by atoms with Crippen LogP contribution >= 0.6 is 0 Å². The zero-order valence-electron chi connectivity index (χ0n) is 10.6. The summed E-state index contributed by atoms with van der Waals surface area (Å²) in [6.45, 7) is 11.9. The topological polar surface area (TPSA) is 21.3 Å². The van der Waals surface area contributed by atoms with E-state index >= 15 is 0 Å². The summed E-state index contributed by atoms with van der Waals surface area (Å²) in [6.07, 6.45) is 1.53. The lowest BCUT2D eigenvalue weighted by Gasteiger charge is -2.33. The maximum atomic E-state index is 5.82. The number of nitrogens with one attached hydrogen (secondary N) is 1. The Balaban J connectivity index is 4.40. The van der Waals surface area contributed by atoms with Crippen LogP contribution in [0.4, 0.5) is 0 Å². The number of likely N-dealkylation sites (N-methyl/N-ethyl adjacent to an activating group) is 1. The molecule has 2 nitrogen and oxygen atoms in total. The molecule has 0 aliphatic carbocycles. The smallest absolute Gasteiger partial charge is 0.0753 e. The molecular weight excluding hydrogens is 174 g/mol. The van der Waals surface area contributed by atoms with Gasteiger partial charge in [0, 0.05) is 12.6 Å². The van der Waals surface area contributed by atoms with Crippen LogP contribution in [0.5, 0.6) is 0 Å². The molecule has 0 aromatic carbocycles. The minimum absolute atomic E-state index is 0.333. The second-order valence-corrected chi connectivity index (χ2v) is 4.36. The molecule has 0 aromatic heterocycles. The van der Waals surface area contributed by atoms with Crippen LogP contribution in [0.2, 0.25) is 0 Å². The van der Waals surface area contributed by atoms with Gasteiger partial charge in [-0.25, -0.2) is 0 Å². The van der Waals surface area contributed by atoms with Crippen molar-refractivity contribution in [3.63, 3.8) is 0 Å². The largest absolute Gasteiger partial charge is 0.377 e. The summed E-state index contributed by atoms with van der Waals surface area (Å²) in [7, 11) is 2.03. The van der Waals surface area contributed by atoms with E-state index in [1.165, 1.54) is 6.42 Å². The highest BCUT2D eigenvalue weighted by molar-refractivity contribution is 4.82. The summed E-state index contributed by atoms with van der Waals surface area (Å²) in [5.41, 5.74) is 0. The molecule has 3 unspecified atom stereocenters. The molecule has 2 heteroatoms. The maximum absolute atomic E-state index is 5.82. The highest BCUT2D eigenvalue weighted by Crippen LogP contribution is 2.19. The zero-order valence-corrected chi connectivity index (χ0v) is 10.6. The molecule has 0 fully saturated rings. The second kappa shape index (κ2) is 7.24. The average molecular weight is 201 g/mol. The average Bonchev–Trinajstić information content (AvgIpc) is 2.16. The summed E-state index contributed by atoms with van der Waals surface area (Å²) >= 11 is 0. The predicted molar refractivity (Wildman–Crippen MR) is 62.6 cm³/mol. The Morgan fingerprint density at radius 1 is 1.14 bits per heavy atom. The molecule has 0 spiro atoms. The van der Waals surface area contributed by atoms with E-state index in [9.17, 15) is 0 Å². The van der Waals surface area contributed by atoms with E-state index in [2.05, 4.69) is 39.9 Å². The summed E-state index contributed by atoms with van der Waals surface area (Å²) < 4.78 is 5.82. The molecule has 86 valence electrons. The van der Waals surface area contributed by atoms with Gasteiger partial charge in [0.1, 0.15) is 0 Å². The van der Waals surface area contributed by atoms with Gasteiger partial charge in [-0.05, 0) is 25.8 Å². The Morgan fingerprint density at radius 2 is 1.71 bits per heavy atom. The van der Waals surface area contributed by atoms with E-state index in [4.69, 9.17) is 4.74 Å². The first-order valence-corrected chi connectivity index (χ1v) is 5.87. The van der Waals surface area contributed by atoms with Crippen LogP contribution in [0.3, 0.4) is 0 Å². The van der Waals surface area contributed by atoms with Gasteiger partial charge in [-0.3, -0.25) is 0 Å². The Labute approximate surface area is 89.4 Å². The van der Waals surface area contributed by atoms with Crippen molar-refractivity contribution < 1.29 is 4.74 Å². The fourth-order valence-electron chi connectivity index (χ4n) is 1.93. The fourth-order valence-corrected chi connectivity index (χ4v) is 1.93. The van der Waals surface area contributed by atoms with Crippen LogP contribution in [-0.4, -0.2) is 25.8 Å². The molecule has 0 amide bonds. The van der Waals surface area contributed by atoms with E-state index in [1.807, 2.05) is 7.05 Å². The molecule has 0 saturated carbocycles. The van der Waals surface area contributed by atoms with Gasteiger partial charge in [0.05, 0.1) is 6.10 Å². The molecule has 14 heavy (non-hydrogen) atoms. The van der Waals surface area contributed by atoms with Crippen molar-refractivity contribution in [3.05, 3.63) is 0 Å². The number of rotatable bonds is 7. The first kappa shape index (κ1) is 13.9. The highest BCUT2D eigenvalue weighted by Gasteiger charge is 2.27. The normalized spacial score (nSPS) is 18.2. The first-order valence-electron chi connectivity index (χ1n) is 5.87. The Bertz CT molecular complexity index is 136. The number of ether oxygens (including phenoxy) is 1. The third-order valence-electron chi connectivity index (χ3n) is 2.96. The van der Waals surface area contributed by atoms with Crippen LogP contribution < -0.4 is 5.32 Å². The molecular formula is C12H27NO. The standard InChI is InChI=1S/C12H27NO/c1-7-10(5)11(13-6)12(9(3)4)14-8-2/h9-13H,7-8H2,1-6H3.